The second-order valence-electron chi connectivity index (χ2n) is 11.1. The van der Waals surface area contributed by atoms with Gasteiger partial charge in [-0.05, 0) is 19.9 Å². The molecular formula is C26H47N3O10. The Kier molecular flexibility index (Phi) is 12.1. The number of hydrogen-bond acceptors (Lipinski definition) is 11. The number of nitrogens with one attached hydrogen (secondary N) is 2. The van der Waals surface area contributed by atoms with Crippen molar-refractivity contribution >= 4 is 12.0 Å². The first-order valence-electron chi connectivity index (χ1n) is 13.4. The highest BCUT2D eigenvalue weighted by molar-refractivity contribution is 5.82. The molecule has 0 radical (unpaired) electrons. The summed E-state index contributed by atoms with van der Waals surface area (Å²) >= 11 is 0. The van der Waals surface area contributed by atoms with Crippen LogP contribution in [0.1, 0.15) is 53.4 Å². The van der Waals surface area contributed by atoms with Gasteiger partial charge in [0.1, 0.15) is 12.7 Å². The van der Waals surface area contributed by atoms with Gasteiger partial charge in [0.15, 0.2) is 12.3 Å². The van der Waals surface area contributed by atoms with Gasteiger partial charge >= 0.3 is 6.09 Å². The number of amides is 2. The Labute approximate surface area is 230 Å². The van der Waals surface area contributed by atoms with E-state index in [2.05, 4.69) is 17.2 Å². The van der Waals surface area contributed by atoms with Crippen molar-refractivity contribution in [2.75, 3.05) is 26.8 Å². The summed E-state index contributed by atoms with van der Waals surface area (Å²) in [5, 5.41) is 47.7. The van der Waals surface area contributed by atoms with Crippen LogP contribution in [-0.2, 0) is 23.7 Å². The number of carbonyl (C=O) groups is 2. The van der Waals surface area contributed by atoms with Gasteiger partial charge in [0.05, 0.1) is 24.4 Å². The fraction of sp³-hybridized carbons (Fsp3) is 0.846. The van der Waals surface area contributed by atoms with Crippen LogP contribution < -0.4 is 16.4 Å². The molecule has 0 aromatic heterocycles. The van der Waals surface area contributed by atoms with Gasteiger partial charge in [-0.1, -0.05) is 32.9 Å². The number of aliphatic hydroxyl groups is 4. The highest BCUT2D eigenvalue weighted by Gasteiger charge is 2.51. The van der Waals surface area contributed by atoms with Crippen LogP contribution in [0.3, 0.4) is 0 Å². The van der Waals surface area contributed by atoms with Crippen molar-refractivity contribution in [1.82, 2.24) is 10.6 Å². The predicted octanol–water partition coefficient (Wildman–Crippen LogP) is -0.504. The highest BCUT2D eigenvalue weighted by atomic mass is 16.7. The number of aliphatic hydroxyl groups excluding tert-OH is 4. The van der Waals surface area contributed by atoms with E-state index in [1.807, 2.05) is 6.92 Å². The summed E-state index contributed by atoms with van der Waals surface area (Å²) in [6.07, 6.45) is -7.70. The van der Waals surface area contributed by atoms with Crippen LogP contribution in [0.5, 0.6) is 0 Å². The molecular weight excluding hydrogens is 514 g/mol. The lowest BCUT2D eigenvalue weighted by Gasteiger charge is -2.47. The van der Waals surface area contributed by atoms with E-state index >= 15 is 0 Å². The normalized spacial score (nSPS) is 33.1. The number of hydrogen-bond donors (Lipinski definition) is 7. The van der Waals surface area contributed by atoms with Crippen molar-refractivity contribution in [2.45, 2.75) is 102 Å². The van der Waals surface area contributed by atoms with Crippen LogP contribution in [0, 0.1) is 11.3 Å². The summed E-state index contributed by atoms with van der Waals surface area (Å²) in [7, 11) is 1.31. The fourth-order valence-electron chi connectivity index (χ4n) is 4.75. The molecule has 0 aromatic carbocycles. The molecule has 13 heteroatoms. The molecule has 0 aliphatic carbocycles. The first kappa shape index (κ1) is 33.4. The molecule has 2 rings (SSSR count). The van der Waals surface area contributed by atoms with Crippen LogP contribution in [-0.4, -0.2) is 108 Å². The standard InChI is InChI=1S/C26H47N3O10/c1-14-12-26(36-6,39-16(3)15(14)2)21(32)23(34)29-22(33)18-11-19(31)25(4,5)20(38-18)10-17(30)13-37-24(35)28-9-7-8-27/h15-22,30-33H,1,7-13,27H2,2-6H3,(H,28,35)(H,29,34)/t15-,16-,17+,18+,19-,20-,21-,22+,26-/m1/s1. The summed E-state index contributed by atoms with van der Waals surface area (Å²) < 4.78 is 22.3. The maximum atomic E-state index is 12.9. The molecule has 226 valence electrons. The molecule has 2 aliphatic heterocycles. The van der Waals surface area contributed by atoms with Gasteiger partial charge in [0.2, 0.25) is 5.79 Å². The minimum Gasteiger partial charge on any atom is -0.447 e. The molecule has 2 saturated heterocycles. The first-order chi connectivity index (χ1) is 18.2. The van der Waals surface area contributed by atoms with Crippen molar-refractivity contribution in [3.8, 4) is 0 Å². The van der Waals surface area contributed by atoms with E-state index < -0.39 is 60.0 Å². The number of methoxy groups -OCH3 is 1. The van der Waals surface area contributed by atoms with Crippen molar-refractivity contribution in [3.63, 3.8) is 0 Å². The number of alkyl carbamates (subject to hydrolysis) is 1. The average Bonchev–Trinajstić information content (AvgIpc) is 2.88. The quantitative estimate of drug-likeness (QED) is 0.0919. The Bertz CT molecular complexity index is 843. The number of nitrogens with two attached hydrogens (primary N) is 1. The Morgan fingerprint density at radius 3 is 2.51 bits per heavy atom. The minimum atomic E-state index is -1.79. The molecule has 2 amide bonds. The van der Waals surface area contributed by atoms with Gasteiger partial charge in [-0.3, -0.25) is 4.79 Å². The van der Waals surface area contributed by atoms with E-state index in [4.69, 9.17) is 24.7 Å². The third-order valence-corrected chi connectivity index (χ3v) is 7.89. The summed E-state index contributed by atoms with van der Waals surface area (Å²) in [5.41, 5.74) is 5.30. The monoisotopic (exact) mass is 561 g/mol. The zero-order chi connectivity index (χ0) is 29.5. The Balaban J connectivity index is 2.00. The third-order valence-electron chi connectivity index (χ3n) is 7.89. The SMILES string of the molecule is C=C1C[C@](OC)([C@H](O)C(=O)N[C@@H](O)[C@@H]2C[C@@H](O)C(C)(C)[C@@H](C[C@H](O)COC(=O)NCCCN)O2)O[C@H](C)[C@@H]1C. The Morgan fingerprint density at radius 1 is 1.26 bits per heavy atom. The lowest BCUT2D eigenvalue weighted by atomic mass is 9.74. The maximum Gasteiger partial charge on any atom is 0.407 e. The lowest BCUT2D eigenvalue weighted by molar-refractivity contribution is -0.298. The van der Waals surface area contributed by atoms with E-state index in [1.165, 1.54) is 7.11 Å². The van der Waals surface area contributed by atoms with Crippen molar-refractivity contribution in [1.29, 1.82) is 0 Å². The van der Waals surface area contributed by atoms with Crippen LogP contribution in [0.25, 0.3) is 0 Å². The van der Waals surface area contributed by atoms with E-state index in [9.17, 15) is 30.0 Å². The molecule has 0 aromatic rings. The Hall–Kier alpha value is -1.84. The lowest BCUT2D eigenvalue weighted by Crippen LogP contribution is -2.62. The van der Waals surface area contributed by atoms with Crippen molar-refractivity contribution in [2.24, 2.45) is 17.1 Å². The molecule has 2 fully saturated rings. The van der Waals surface area contributed by atoms with Gasteiger partial charge in [-0.2, -0.15) is 0 Å². The molecule has 13 nitrogen and oxygen atoms in total. The van der Waals surface area contributed by atoms with Gasteiger partial charge in [-0.25, -0.2) is 4.79 Å². The van der Waals surface area contributed by atoms with Gasteiger partial charge < -0.3 is 55.7 Å². The molecule has 9 atom stereocenters. The van der Waals surface area contributed by atoms with E-state index in [0.717, 1.165) is 5.57 Å². The second kappa shape index (κ2) is 14.2. The molecule has 39 heavy (non-hydrogen) atoms. The van der Waals surface area contributed by atoms with Crippen LogP contribution in [0.15, 0.2) is 12.2 Å². The van der Waals surface area contributed by atoms with E-state index in [0.29, 0.717) is 19.5 Å². The second-order valence-corrected chi connectivity index (χ2v) is 11.1. The third kappa shape index (κ3) is 8.33. The molecule has 8 N–H and O–H groups in total. The van der Waals surface area contributed by atoms with Crippen LogP contribution in [0.2, 0.25) is 0 Å². The predicted molar refractivity (Wildman–Crippen MR) is 140 cm³/mol. The van der Waals surface area contributed by atoms with Crippen molar-refractivity contribution in [3.05, 3.63) is 12.2 Å². The zero-order valence-corrected chi connectivity index (χ0v) is 23.6. The molecule has 0 unspecified atom stereocenters. The maximum absolute atomic E-state index is 12.9. The minimum absolute atomic E-state index is 0.00200. The Morgan fingerprint density at radius 2 is 1.92 bits per heavy atom. The topological polar surface area (TPSA) is 202 Å². The summed E-state index contributed by atoms with van der Waals surface area (Å²) in [6, 6.07) is 0. The summed E-state index contributed by atoms with van der Waals surface area (Å²) in [4.78, 5) is 24.7. The molecule has 2 heterocycles. The van der Waals surface area contributed by atoms with Crippen molar-refractivity contribution < 1.29 is 49.0 Å². The molecule has 0 spiro atoms. The van der Waals surface area contributed by atoms with Gasteiger partial charge in [0.25, 0.3) is 5.91 Å². The van der Waals surface area contributed by atoms with E-state index in [-0.39, 0.29) is 37.9 Å². The molecule has 2 aliphatic rings. The van der Waals surface area contributed by atoms with Gasteiger partial charge in [-0.15, -0.1) is 0 Å². The number of ether oxygens (including phenoxy) is 4. The molecule has 0 saturated carbocycles. The first-order valence-corrected chi connectivity index (χ1v) is 13.4. The fourth-order valence-corrected chi connectivity index (χ4v) is 4.75. The number of carbonyl (C=O) groups excluding carboxylic acids is 2. The van der Waals surface area contributed by atoms with E-state index in [1.54, 1.807) is 20.8 Å². The van der Waals surface area contributed by atoms with Crippen LogP contribution in [0.4, 0.5) is 4.79 Å². The zero-order valence-electron chi connectivity index (χ0n) is 23.6. The summed E-state index contributed by atoms with van der Waals surface area (Å²) in [5.74, 6) is -2.63. The van der Waals surface area contributed by atoms with Gasteiger partial charge in [0, 0.05) is 44.2 Å². The highest BCUT2D eigenvalue weighted by Crippen LogP contribution is 2.40. The average molecular weight is 562 g/mol. The van der Waals surface area contributed by atoms with Crippen LogP contribution >= 0.6 is 0 Å². The number of rotatable bonds is 12. The smallest absolute Gasteiger partial charge is 0.407 e. The summed E-state index contributed by atoms with van der Waals surface area (Å²) in [6.45, 7) is 11.7. The molecule has 0 bridgehead atoms. The largest absolute Gasteiger partial charge is 0.447 e.